The number of aromatic nitrogens is 1. The number of ether oxygens (including phenoxy) is 1. The molecule has 1 aromatic heterocycles. The van der Waals surface area contributed by atoms with Gasteiger partial charge < -0.3 is 24.8 Å². The summed E-state index contributed by atoms with van der Waals surface area (Å²) in [7, 11) is 1.75. The first kappa shape index (κ1) is 18.5. The molecule has 5 heteroatoms. The molecule has 0 radical (unpaired) electrons. The lowest BCUT2D eigenvalue weighted by Gasteiger charge is -2.48. The Balaban J connectivity index is 1.35. The van der Waals surface area contributed by atoms with Crippen molar-refractivity contribution in [3.63, 3.8) is 0 Å². The number of likely N-dealkylation sites (tertiary alicyclic amines) is 2. The number of rotatable bonds is 3. The van der Waals surface area contributed by atoms with Gasteiger partial charge in [-0.05, 0) is 75.5 Å². The summed E-state index contributed by atoms with van der Waals surface area (Å²) < 4.78 is 5.48. The van der Waals surface area contributed by atoms with Crippen molar-refractivity contribution in [3.8, 4) is 5.75 Å². The van der Waals surface area contributed by atoms with Crippen molar-refractivity contribution < 1.29 is 4.74 Å². The van der Waals surface area contributed by atoms with Crippen LogP contribution in [0.5, 0.6) is 5.75 Å². The molecule has 0 unspecified atom stereocenters. The van der Waals surface area contributed by atoms with Crippen molar-refractivity contribution >= 4 is 10.9 Å². The second-order valence-electron chi connectivity index (χ2n) is 8.85. The molecule has 3 aliphatic heterocycles. The quantitative estimate of drug-likeness (QED) is 0.856. The van der Waals surface area contributed by atoms with E-state index in [2.05, 4.69) is 45.2 Å². The lowest BCUT2D eigenvalue weighted by molar-refractivity contribution is 0.0570. The predicted molar refractivity (Wildman–Crippen MR) is 114 cm³/mol. The highest BCUT2D eigenvalue weighted by Crippen LogP contribution is 2.41. The van der Waals surface area contributed by atoms with E-state index in [9.17, 15) is 0 Å². The summed E-state index contributed by atoms with van der Waals surface area (Å²) in [6.45, 7) is 9.53. The maximum atomic E-state index is 5.48. The molecule has 0 amide bonds. The summed E-state index contributed by atoms with van der Waals surface area (Å²) >= 11 is 0. The largest absolute Gasteiger partial charge is 0.497 e. The zero-order valence-corrected chi connectivity index (χ0v) is 17.4. The highest BCUT2D eigenvalue weighted by molar-refractivity contribution is 5.86. The second kappa shape index (κ2) is 7.36. The van der Waals surface area contributed by atoms with Gasteiger partial charge in [0.15, 0.2) is 0 Å². The number of fused-ring (bicyclic) bond motifs is 4. The van der Waals surface area contributed by atoms with Gasteiger partial charge in [0.1, 0.15) is 5.75 Å². The maximum Gasteiger partial charge on any atom is 0.119 e. The number of piperidine rings is 2. The molecule has 1 aromatic carbocycles. The average Bonchev–Trinajstić information content (AvgIpc) is 3.14. The Labute approximate surface area is 168 Å². The molecular formula is C23H34N4O. The van der Waals surface area contributed by atoms with Crippen LogP contribution in [0.4, 0.5) is 0 Å². The number of aromatic amines is 1. The first-order valence-electron chi connectivity index (χ1n) is 11.1. The molecule has 28 heavy (non-hydrogen) atoms. The van der Waals surface area contributed by atoms with Gasteiger partial charge in [0.05, 0.1) is 12.6 Å². The highest BCUT2D eigenvalue weighted by Gasteiger charge is 2.42. The number of nitrogens with one attached hydrogen (secondary N) is 2. The van der Waals surface area contributed by atoms with Crippen LogP contribution in [0.3, 0.4) is 0 Å². The van der Waals surface area contributed by atoms with Gasteiger partial charge in [0.2, 0.25) is 0 Å². The van der Waals surface area contributed by atoms with Crippen LogP contribution in [0.15, 0.2) is 18.2 Å². The number of benzene rings is 1. The van der Waals surface area contributed by atoms with Crippen molar-refractivity contribution in [3.05, 3.63) is 29.5 Å². The molecule has 2 N–H and O–H groups in total. The smallest absolute Gasteiger partial charge is 0.119 e. The van der Waals surface area contributed by atoms with Gasteiger partial charge in [-0.2, -0.15) is 0 Å². The SMILES string of the molecule is CCN1CCC(N2CCC3(CC2)NCCc2c3[nH]c3ccc(OC)cc23)CC1. The molecule has 0 aliphatic carbocycles. The number of H-pyrrole nitrogens is 1. The minimum Gasteiger partial charge on any atom is -0.497 e. The Bertz CT molecular complexity index is 828. The van der Waals surface area contributed by atoms with Crippen LogP contribution in [-0.4, -0.2) is 67.2 Å². The number of nitrogens with zero attached hydrogens (tertiary/aromatic N) is 2. The molecule has 3 aliphatic rings. The zero-order chi connectivity index (χ0) is 19.1. The van der Waals surface area contributed by atoms with Crippen molar-refractivity contribution in [2.45, 2.75) is 50.6 Å². The molecule has 1 spiro atoms. The van der Waals surface area contributed by atoms with E-state index in [-0.39, 0.29) is 5.54 Å². The summed E-state index contributed by atoms with van der Waals surface area (Å²) in [6, 6.07) is 7.24. The number of hydrogen-bond donors (Lipinski definition) is 2. The van der Waals surface area contributed by atoms with Crippen molar-refractivity contribution in [1.29, 1.82) is 0 Å². The standard InChI is InChI=1S/C23H34N4O/c1-3-26-12-7-17(8-13-26)27-14-9-23(10-15-27)22-19(6-11-24-23)20-16-18(28-2)4-5-21(20)25-22/h4-5,16-17,24-25H,3,6-15H2,1-2H3. The molecule has 4 heterocycles. The topological polar surface area (TPSA) is 43.5 Å². The predicted octanol–water partition coefficient (Wildman–Crippen LogP) is 3.10. The van der Waals surface area contributed by atoms with Crippen molar-refractivity contribution in [1.82, 2.24) is 20.1 Å². The van der Waals surface area contributed by atoms with Crippen LogP contribution in [-0.2, 0) is 12.0 Å². The van der Waals surface area contributed by atoms with Crippen LogP contribution in [0.25, 0.3) is 10.9 Å². The second-order valence-corrected chi connectivity index (χ2v) is 8.85. The van der Waals surface area contributed by atoms with Crippen molar-refractivity contribution in [2.24, 2.45) is 0 Å². The summed E-state index contributed by atoms with van der Waals surface area (Å²) in [6.07, 6.45) is 6.19. The fourth-order valence-electron chi connectivity index (χ4n) is 5.84. The van der Waals surface area contributed by atoms with Crippen LogP contribution >= 0.6 is 0 Å². The van der Waals surface area contributed by atoms with E-state index in [1.54, 1.807) is 7.11 Å². The summed E-state index contributed by atoms with van der Waals surface area (Å²) in [5.41, 5.74) is 4.34. The highest BCUT2D eigenvalue weighted by atomic mass is 16.5. The Morgan fingerprint density at radius 2 is 1.93 bits per heavy atom. The Hall–Kier alpha value is -1.56. The third kappa shape index (κ3) is 3.04. The van der Waals surface area contributed by atoms with E-state index in [1.807, 2.05) is 0 Å². The molecule has 2 aromatic rings. The summed E-state index contributed by atoms with van der Waals surface area (Å²) in [5.74, 6) is 0.954. The zero-order valence-electron chi connectivity index (χ0n) is 17.4. The van der Waals surface area contributed by atoms with Crippen LogP contribution < -0.4 is 10.1 Å². The van der Waals surface area contributed by atoms with E-state index in [0.717, 1.165) is 24.8 Å². The van der Waals surface area contributed by atoms with E-state index >= 15 is 0 Å². The van der Waals surface area contributed by atoms with E-state index in [0.29, 0.717) is 0 Å². The van der Waals surface area contributed by atoms with Gasteiger partial charge in [-0.1, -0.05) is 6.92 Å². The van der Waals surface area contributed by atoms with Gasteiger partial charge in [-0.15, -0.1) is 0 Å². The molecule has 5 rings (SSSR count). The van der Waals surface area contributed by atoms with Gasteiger partial charge in [0.25, 0.3) is 0 Å². The lowest BCUT2D eigenvalue weighted by Crippen LogP contribution is -2.56. The third-order valence-electron chi connectivity index (χ3n) is 7.60. The van der Waals surface area contributed by atoms with Gasteiger partial charge in [-0.3, -0.25) is 0 Å². The maximum absolute atomic E-state index is 5.48. The van der Waals surface area contributed by atoms with Gasteiger partial charge in [-0.25, -0.2) is 0 Å². The van der Waals surface area contributed by atoms with Crippen molar-refractivity contribution in [2.75, 3.05) is 46.4 Å². The molecule has 2 fully saturated rings. The lowest BCUT2D eigenvalue weighted by atomic mass is 9.78. The Kier molecular flexibility index (Phi) is 4.85. The summed E-state index contributed by atoms with van der Waals surface area (Å²) in [4.78, 5) is 9.16. The van der Waals surface area contributed by atoms with Gasteiger partial charge in [0, 0.05) is 42.3 Å². The number of hydrogen-bond acceptors (Lipinski definition) is 4. The fraction of sp³-hybridized carbons (Fsp3) is 0.652. The molecule has 5 nitrogen and oxygen atoms in total. The molecule has 152 valence electrons. The van der Waals surface area contributed by atoms with Crippen LogP contribution in [0, 0.1) is 0 Å². The minimum absolute atomic E-state index is 0.125. The number of methoxy groups -OCH3 is 1. The first-order chi connectivity index (χ1) is 13.7. The van der Waals surface area contributed by atoms with E-state index in [1.165, 1.54) is 80.6 Å². The third-order valence-corrected chi connectivity index (χ3v) is 7.60. The Morgan fingerprint density at radius 3 is 2.64 bits per heavy atom. The van der Waals surface area contributed by atoms with E-state index < -0.39 is 0 Å². The molecule has 0 saturated carbocycles. The average molecular weight is 383 g/mol. The Morgan fingerprint density at radius 1 is 1.14 bits per heavy atom. The fourth-order valence-corrected chi connectivity index (χ4v) is 5.84. The molecule has 0 atom stereocenters. The normalized spacial score (nSPS) is 23.9. The molecule has 2 saturated heterocycles. The molecular weight excluding hydrogens is 348 g/mol. The minimum atomic E-state index is 0.125. The van der Waals surface area contributed by atoms with Crippen LogP contribution in [0.2, 0.25) is 0 Å². The monoisotopic (exact) mass is 382 g/mol. The molecule has 0 bridgehead atoms. The first-order valence-corrected chi connectivity index (χ1v) is 11.1. The summed E-state index contributed by atoms with van der Waals surface area (Å²) in [5, 5.41) is 5.27. The van der Waals surface area contributed by atoms with Gasteiger partial charge >= 0.3 is 0 Å². The van der Waals surface area contributed by atoms with E-state index in [4.69, 9.17) is 4.74 Å². The van der Waals surface area contributed by atoms with Crippen LogP contribution in [0.1, 0.15) is 43.9 Å².